The zero-order chi connectivity index (χ0) is 15.9. The van der Waals surface area contributed by atoms with E-state index in [0.29, 0.717) is 5.75 Å². The highest BCUT2D eigenvalue weighted by molar-refractivity contribution is 6.03. The fourth-order valence-electron chi connectivity index (χ4n) is 2.04. The zero-order valence-electron chi connectivity index (χ0n) is 12.7. The summed E-state index contributed by atoms with van der Waals surface area (Å²) in [6.07, 6.45) is 0.852. The smallest absolute Gasteiger partial charge is 0.344 e. The lowest BCUT2D eigenvalue weighted by Crippen LogP contribution is -2.15. The Hall–Kier alpha value is -2.62. The van der Waals surface area contributed by atoms with Crippen molar-refractivity contribution >= 4 is 11.9 Å². The summed E-state index contributed by atoms with van der Waals surface area (Å²) >= 11 is 0. The second-order valence-corrected chi connectivity index (χ2v) is 4.66. The van der Waals surface area contributed by atoms with Crippen molar-refractivity contribution in [2.45, 2.75) is 20.3 Å². The minimum Gasteiger partial charge on any atom is -0.462 e. The lowest BCUT2D eigenvalue weighted by molar-refractivity contribution is 0.0517. The van der Waals surface area contributed by atoms with Crippen LogP contribution >= 0.6 is 0 Å². The molecule has 2 aromatic carbocycles. The number of hydrogen-bond donors (Lipinski definition) is 0. The van der Waals surface area contributed by atoms with Gasteiger partial charge < -0.3 is 9.47 Å². The molecule has 0 fully saturated rings. The molecule has 2 aromatic rings. The molecule has 0 aliphatic heterocycles. The largest absolute Gasteiger partial charge is 0.462 e. The molecule has 0 saturated heterocycles. The predicted molar refractivity (Wildman–Crippen MR) is 83.2 cm³/mol. The van der Waals surface area contributed by atoms with Crippen molar-refractivity contribution < 1.29 is 19.1 Å². The van der Waals surface area contributed by atoms with Crippen LogP contribution in [0.4, 0.5) is 0 Å². The lowest BCUT2D eigenvalue weighted by Gasteiger charge is -2.09. The fourth-order valence-corrected chi connectivity index (χ4v) is 2.04. The normalized spacial score (nSPS) is 10.1. The van der Waals surface area contributed by atoms with Gasteiger partial charge in [-0.2, -0.15) is 0 Å². The minimum absolute atomic E-state index is 0.197. The van der Waals surface area contributed by atoms with E-state index in [4.69, 9.17) is 9.47 Å². The van der Waals surface area contributed by atoms with E-state index in [1.165, 1.54) is 0 Å². The molecule has 0 unspecified atom stereocenters. The van der Waals surface area contributed by atoms with Crippen molar-refractivity contribution in [3.05, 3.63) is 65.2 Å². The molecule has 0 saturated carbocycles. The van der Waals surface area contributed by atoms with Crippen LogP contribution in [-0.4, -0.2) is 18.5 Å². The Kier molecular flexibility index (Phi) is 5.31. The van der Waals surface area contributed by atoms with Gasteiger partial charge in [-0.15, -0.1) is 0 Å². The van der Waals surface area contributed by atoms with E-state index >= 15 is 0 Å². The molecule has 22 heavy (non-hydrogen) atoms. The van der Waals surface area contributed by atoms with E-state index in [0.717, 1.165) is 12.0 Å². The van der Waals surface area contributed by atoms with E-state index < -0.39 is 11.9 Å². The SMILES string of the molecule is CCOC(=O)c1ccccc1C(=O)Oc1cccc(CC)c1. The summed E-state index contributed by atoms with van der Waals surface area (Å²) in [5.41, 5.74) is 1.48. The summed E-state index contributed by atoms with van der Waals surface area (Å²) in [6, 6.07) is 13.8. The van der Waals surface area contributed by atoms with Gasteiger partial charge in [0.1, 0.15) is 5.75 Å². The van der Waals surface area contributed by atoms with Crippen molar-refractivity contribution in [1.29, 1.82) is 0 Å². The first kappa shape index (κ1) is 15.8. The quantitative estimate of drug-likeness (QED) is 0.624. The highest BCUT2D eigenvalue weighted by Gasteiger charge is 2.19. The van der Waals surface area contributed by atoms with Gasteiger partial charge in [0.2, 0.25) is 0 Å². The van der Waals surface area contributed by atoms with Gasteiger partial charge in [0.15, 0.2) is 0 Å². The van der Waals surface area contributed by atoms with Crippen LogP contribution in [0.5, 0.6) is 5.75 Å². The summed E-state index contributed by atoms with van der Waals surface area (Å²) < 4.78 is 10.3. The summed E-state index contributed by atoms with van der Waals surface area (Å²) in [5, 5.41) is 0. The second-order valence-electron chi connectivity index (χ2n) is 4.66. The molecule has 0 radical (unpaired) electrons. The molecule has 0 bridgehead atoms. The van der Waals surface area contributed by atoms with Gasteiger partial charge in [0.05, 0.1) is 17.7 Å². The molecule has 2 rings (SSSR count). The number of carbonyl (C=O) groups is 2. The summed E-state index contributed by atoms with van der Waals surface area (Å²) in [6.45, 7) is 3.99. The minimum atomic E-state index is -0.572. The Balaban J connectivity index is 2.24. The molecule has 0 atom stereocenters. The highest BCUT2D eigenvalue weighted by atomic mass is 16.5. The third-order valence-corrected chi connectivity index (χ3v) is 3.16. The van der Waals surface area contributed by atoms with E-state index in [2.05, 4.69) is 0 Å². The first-order valence-electron chi connectivity index (χ1n) is 7.23. The molecule has 0 aromatic heterocycles. The number of esters is 2. The van der Waals surface area contributed by atoms with Crippen LogP contribution < -0.4 is 4.74 Å². The van der Waals surface area contributed by atoms with Crippen LogP contribution in [-0.2, 0) is 11.2 Å². The van der Waals surface area contributed by atoms with E-state index in [9.17, 15) is 9.59 Å². The number of ether oxygens (including phenoxy) is 2. The van der Waals surface area contributed by atoms with E-state index in [-0.39, 0.29) is 17.7 Å². The molecule has 0 amide bonds. The second kappa shape index (κ2) is 7.41. The van der Waals surface area contributed by atoms with Crippen LogP contribution in [0.2, 0.25) is 0 Å². The Morgan fingerprint density at radius 2 is 1.59 bits per heavy atom. The Bertz CT molecular complexity index is 676. The monoisotopic (exact) mass is 298 g/mol. The first-order valence-corrected chi connectivity index (χ1v) is 7.23. The van der Waals surface area contributed by atoms with Crippen LogP contribution in [0.15, 0.2) is 48.5 Å². The van der Waals surface area contributed by atoms with Crippen LogP contribution in [0.1, 0.15) is 40.1 Å². The van der Waals surface area contributed by atoms with Gasteiger partial charge in [0.25, 0.3) is 0 Å². The topological polar surface area (TPSA) is 52.6 Å². The van der Waals surface area contributed by atoms with Crippen LogP contribution in [0.25, 0.3) is 0 Å². The van der Waals surface area contributed by atoms with Crippen molar-refractivity contribution in [2.24, 2.45) is 0 Å². The molecule has 0 heterocycles. The molecular weight excluding hydrogens is 280 g/mol. The molecule has 4 heteroatoms. The maximum Gasteiger partial charge on any atom is 0.344 e. The standard InChI is InChI=1S/C18H18O4/c1-3-13-8-7-9-14(12-13)22-18(20)16-11-6-5-10-15(16)17(19)21-4-2/h5-12H,3-4H2,1-2H3. The first-order chi connectivity index (χ1) is 10.7. The number of hydrogen-bond acceptors (Lipinski definition) is 4. The molecular formula is C18H18O4. The fraction of sp³-hybridized carbons (Fsp3) is 0.222. The van der Waals surface area contributed by atoms with Crippen LogP contribution in [0.3, 0.4) is 0 Å². The Labute approximate surface area is 129 Å². The van der Waals surface area contributed by atoms with Gasteiger partial charge in [-0.1, -0.05) is 31.2 Å². The average molecular weight is 298 g/mol. The molecule has 0 spiro atoms. The Morgan fingerprint density at radius 3 is 2.23 bits per heavy atom. The number of aryl methyl sites for hydroxylation is 1. The van der Waals surface area contributed by atoms with Crippen LogP contribution in [0, 0.1) is 0 Å². The molecule has 0 N–H and O–H groups in total. The third kappa shape index (κ3) is 3.73. The van der Waals surface area contributed by atoms with Gasteiger partial charge in [-0.05, 0) is 43.2 Å². The molecule has 0 aliphatic rings. The third-order valence-electron chi connectivity index (χ3n) is 3.16. The van der Waals surface area contributed by atoms with E-state index in [1.54, 1.807) is 37.3 Å². The zero-order valence-corrected chi connectivity index (χ0v) is 12.7. The average Bonchev–Trinajstić information content (AvgIpc) is 2.55. The molecule has 4 nitrogen and oxygen atoms in total. The summed E-state index contributed by atoms with van der Waals surface area (Å²) in [4.78, 5) is 24.2. The molecule has 114 valence electrons. The predicted octanol–water partition coefficient (Wildman–Crippen LogP) is 3.64. The van der Waals surface area contributed by atoms with Gasteiger partial charge in [-0.25, -0.2) is 9.59 Å². The van der Waals surface area contributed by atoms with Crippen molar-refractivity contribution in [3.63, 3.8) is 0 Å². The van der Waals surface area contributed by atoms with E-state index in [1.807, 2.05) is 25.1 Å². The van der Waals surface area contributed by atoms with Crippen molar-refractivity contribution in [3.8, 4) is 5.75 Å². The number of carbonyl (C=O) groups excluding carboxylic acids is 2. The summed E-state index contributed by atoms with van der Waals surface area (Å²) in [5.74, 6) is -0.641. The van der Waals surface area contributed by atoms with Gasteiger partial charge in [-0.3, -0.25) is 0 Å². The number of rotatable bonds is 5. The van der Waals surface area contributed by atoms with Crippen molar-refractivity contribution in [2.75, 3.05) is 6.61 Å². The van der Waals surface area contributed by atoms with Crippen molar-refractivity contribution in [1.82, 2.24) is 0 Å². The Morgan fingerprint density at radius 1 is 0.909 bits per heavy atom. The van der Waals surface area contributed by atoms with Gasteiger partial charge >= 0.3 is 11.9 Å². The van der Waals surface area contributed by atoms with Gasteiger partial charge in [0, 0.05) is 0 Å². The highest BCUT2D eigenvalue weighted by Crippen LogP contribution is 2.18. The lowest BCUT2D eigenvalue weighted by atomic mass is 10.1. The maximum atomic E-state index is 12.3. The number of benzene rings is 2. The maximum absolute atomic E-state index is 12.3. The summed E-state index contributed by atoms with van der Waals surface area (Å²) in [7, 11) is 0. The molecule has 0 aliphatic carbocycles.